The summed E-state index contributed by atoms with van der Waals surface area (Å²) in [6.07, 6.45) is -1.35. The van der Waals surface area contributed by atoms with Gasteiger partial charge in [-0.3, -0.25) is 19.7 Å². The van der Waals surface area contributed by atoms with Gasteiger partial charge in [0.2, 0.25) is 17.7 Å². The highest BCUT2D eigenvalue weighted by Crippen LogP contribution is 2.30. The molecule has 9 heteroatoms. The number of carbonyl (C=O) groups is 3. The molecule has 2 aromatic rings. The highest BCUT2D eigenvalue weighted by atomic mass is 35.5. The van der Waals surface area contributed by atoms with Crippen molar-refractivity contribution in [3.05, 3.63) is 58.6 Å². The summed E-state index contributed by atoms with van der Waals surface area (Å²) >= 11 is 6.22. The Morgan fingerprint density at radius 3 is 2.45 bits per heavy atom. The van der Waals surface area contributed by atoms with Gasteiger partial charge in [0.25, 0.3) is 0 Å². The van der Waals surface area contributed by atoms with Gasteiger partial charge in [-0.1, -0.05) is 35.4 Å². The molecular formula is C22H24ClN5O3. The lowest BCUT2D eigenvalue weighted by Gasteiger charge is -2.43. The first-order chi connectivity index (χ1) is 14.8. The summed E-state index contributed by atoms with van der Waals surface area (Å²) in [6, 6.07) is 13.0. The third kappa shape index (κ3) is 4.65. The van der Waals surface area contributed by atoms with Crippen molar-refractivity contribution in [1.82, 2.24) is 16.0 Å². The molecule has 0 saturated carbocycles. The molecule has 0 spiro atoms. The van der Waals surface area contributed by atoms with Crippen LogP contribution in [-0.4, -0.2) is 30.2 Å². The molecule has 2 aliphatic rings. The van der Waals surface area contributed by atoms with Crippen LogP contribution >= 0.6 is 11.6 Å². The Bertz CT molecular complexity index is 1030. The number of rotatable bonds is 4. The summed E-state index contributed by atoms with van der Waals surface area (Å²) in [5.74, 6) is -2.62. The number of aryl methyl sites for hydroxylation is 2. The molecule has 4 unspecified atom stereocenters. The number of piperidine rings is 1. The van der Waals surface area contributed by atoms with Crippen LogP contribution in [0.3, 0.4) is 0 Å². The number of halogens is 1. The maximum atomic E-state index is 13.0. The van der Waals surface area contributed by atoms with Crippen LogP contribution in [0.15, 0.2) is 42.5 Å². The fraction of sp³-hybridized carbons (Fsp3) is 0.318. The van der Waals surface area contributed by atoms with Crippen molar-refractivity contribution in [2.45, 2.75) is 32.7 Å². The molecule has 2 aromatic carbocycles. The normalized spacial score (nSPS) is 25.1. The zero-order valence-corrected chi connectivity index (χ0v) is 17.9. The molecule has 31 heavy (non-hydrogen) atoms. The van der Waals surface area contributed by atoms with Gasteiger partial charge in [0.1, 0.15) is 0 Å². The number of hydrogen-bond donors (Lipinski definition) is 5. The average molecular weight is 442 g/mol. The van der Waals surface area contributed by atoms with E-state index < -0.39 is 30.2 Å². The Labute approximate surface area is 185 Å². The monoisotopic (exact) mass is 441 g/mol. The van der Waals surface area contributed by atoms with E-state index in [4.69, 9.17) is 11.6 Å². The van der Waals surface area contributed by atoms with Gasteiger partial charge in [-0.25, -0.2) is 0 Å². The van der Waals surface area contributed by atoms with Crippen molar-refractivity contribution in [2.75, 3.05) is 10.6 Å². The van der Waals surface area contributed by atoms with E-state index in [0.29, 0.717) is 10.7 Å². The van der Waals surface area contributed by atoms with Gasteiger partial charge in [0.05, 0.1) is 28.7 Å². The van der Waals surface area contributed by atoms with Gasteiger partial charge in [-0.2, -0.15) is 0 Å². The van der Waals surface area contributed by atoms with E-state index in [0.717, 1.165) is 16.8 Å². The predicted molar refractivity (Wildman–Crippen MR) is 118 cm³/mol. The molecule has 5 N–H and O–H groups in total. The first-order valence-corrected chi connectivity index (χ1v) is 10.4. The minimum absolute atomic E-state index is 0.0817. The van der Waals surface area contributed by atoms with Crippen molar-refractivity contribution < 1.29 is 14.4 Å². The molecule has 0 radical (unpaired) electrons. The summed E-state index contributed by atoms with van der Waals surface area (Å²) in [5.41, 5.74) is 3.34. The molecule has 0 bridgehead atoms. The first-order valence-electron chi connectivity index (χ1n) is 10.1. The first kappa shape index (κ1) is 21.1. The summed E-state index contributed by atoms with van der Waals surface area (Å²) in [6.45, 7) is 3.88. The zero-order chi connectivity index (χ0) is 22.1. The molecule has 8 nitrogen and oxygen atoms in total. The third-order valence-electron chi connectivity index (χ3n) is 5.53. The molecule has 2 saturated heterocycles. The van der Waals surface area contributed by atoms with Crippen LogP contribution in [0.5, 0.6) is 0 Å². The maximum Gasteiger partial charge on any atom is 0.229 e. The molecule has 4 atom stereocenters. The topological polar surface area (TPSA) is 111 Å². The lowest BCUT2D eigenvalue weighted by Crippen LogP contribution is -2.72. The molecule has 2 heterocycles. The van der Waals surface area contributed by atoms with Crippen LogP contribution < -0.4 is 26.6 Å². The summed E-state index contributed by atoms with van der Waals surface area (Å²) in [5, 5.41) is 15.1. The van der Waals surface area contributed by atoms with Gasteiger partial charge in [0.15, 0.2) is 6.29 Å². The minimum Gasteiger partial charge on any atom is -0.353 e. The second-order valence-corrected chi connectivity index (χ2v) is 8.38. The van der Waals surface area contributed by atoms with Crippen molar-refractivity contribution in [3.63, 3.8) is 0 Å². The number of benzene rings is 2. The summed E-state index contributed by atoms with van der Waals surface area (Å²) in [7, 11) is 0. The molecule has 2 aliphatic heterocycles. The van der Waals surface area contributed by atoms with E-state index in [9.17, 15) is 14.4 Å². The van der Waals surface area contributed by atoms with Crippen LogP contribution in [0.1, 0.15) is 17.5 Å². The fourth-order valence-electron chi connectivity index (χ4n) is 3.92. The number of amides is 3. The minimum atomic E-state index is -0.830. The van der Waals surface area contributed by atoms with Crippen LogP contribution in [-0.2, 0) is 14.4 Å². The standard InChI is InChI=1S/C22H24ClN5O3/c1-11-3-6-13(7-4-11)24-22-27-19-18(21(31)28-22)14(10-17(29)26-19)20(30)25-16-8-5-12(2)9-15(16)23/h3-9,14,18-19,22,24,27H,10H2,1-2H3,(H,25,30)(H,26,29)(H,28,31). The molecule has 0 aromatic heterocycles. The van der Waals surface area contributed by atoms with E-state index in [1.54, 1.807) is 12.1 Å². The lowest BCUT2D eigenvalue weighted by molar-refractivity contribution is -0.144. The highest BCUT2D eigenvalue weighted by molar-refractivity contribution is 6.33. The number of anilines is 2. The quantitative estimate of drug-likeness (QED) is 0.499. The predicted octanol–water partition coefficient (Wildman–Crippen LogP) is 2.09. The van der Waals surface area contributed by atoms with Crippen LogP contribution in [0.4, 0.5) is 11.4 Å². The van der Waals surface area contributed by atoms with Crippen LogP contribution in [0, 0.1) is 25.7 Å². The number of fused-ring (bicyclic) bond motifs is 1. The van der Waals surface area contributed by atoms with Gasteiger partial charge >= 0.3 is 0 Å². The van der Waals surface area contributed by atoms with E-state index in [1.165, 1.54) is 0 Å². The maximum absolute atomic E-state index is 13.0. The molecule has 3 amide bonds. The Morgan fingerprint density at radius 1 is 1.03 bits per heavy atom. The zero-order valence-electron chi connectivity index (χ0n) is 17.2. The van der Waals surface area contributed by atoms with E-state index in [-0.39, 0.29) is 18.2 Å². The van der Waals surface area contributed by atoms with Crippen molar-refractivity contribution in [2.24, 2.45) is 11.8 Å². The van der Waals surface area contributed by atoms with E-state index >= 15 is 0 Å². The Balaban J connectivity index is 1.48. The number of nitrogens with one attached hydrogen (secondary N) is 5. The van der Waals surface area contributed by atoms with Crippen molar-refractivity contribution in [3.8, 4) is 0 Å². The summed E-state index contributed by atoms with van der Waals surface area (Å²) < 4.78 is 0. The molecule has 162 valence electrons. The van der Waals surface area contributed by atoms with Gasteiger partial charge < -0.3 is 21.3 Å². The Kier molecular flexibility index (Phi) is 5.84. The second-order valence-electron chi connectivity index (χ2n) is 7.97. The van der Waals surface area contributed by atoms with Gasteiger partial charge in [-0.05, 0) is 43.7 Å². The van der Waals surface area contributed by atoms with E-state index in [1.807, 2.05) is 44.2 Å². The lowest BCUT2D eigenvalue weighted by atomic mass is 9.81. The summed E-state index contributed by atoms with van der Waals surface area (Å²) in [4.78, 5) is 38.2. The average Bonchev–Trinajstić information content (AvgIpc) is 2.71. The molecule has 0 aliphatic carbocycles. The van der Waals surface area contributed by atoms with Crippen LogP contribution in [0.25, 0.3) is 0 Å². The van der Waals surface area contributed by atoms with Crippen LogP contribution in [0.2, 0.25) is 5.02 Å². The molecule has 2 fully saturated rings. The Morgan fingerprint density at radius 2 is 1.74 bits per heavy atom. The Hall–Kier alpha value is -3.10. The number of hydrogen-bond acceptors (Lipinski definition) is 5. The van der Waals surface area contributed by atoms with Crippen molar-refractivity contribution >= 4 is 40.7 Å². The SMILES string of the molecule is Cc1ccc(NC2NC(=O)C3C(NC(=O)CC3C(=O)Nc3ccc(C)cc3Cl)N2)cc1. The third-order valence-corrected chi connectivity index (χ3v) is 5.84. The molecule has 4 rings (SSSR count). The fourth-order valence-corrected chi connectivity index (χ4v) is 4.20. The largest absolute Gasteiger partial charge is 0.353 e. The van der Waals surface area contributed by atoms with Gasteiger partial charge in [-0.15, -0.1) is 0 Å². The highest BCUT2D eigenvalue weighted by Gasteiger charge is 2.48. The van der Waals surface area contributed by atoms with Crippen molar-refractivity contribution in [1.29, 1.82) is 0 Å². The van der Waals surface area contributed by atoms with Gasteiger partial charge in [0, 0.05) is 12.1 Å². The van der Waals surface area contributed by atoms with E-state index in [2.05, 4.69) is 26.6 Å². The second kappa shape index (κ2) is 8.56. The smallest absolute Gasteiger partial charge is 0.229 e. The number of carbonyl (C=O) groups excluding carboxylic acids is 3. The molecular weight excluding hydrogens is 418 g/mol.